The van der Waals surface area contributed by atoms with Crippen LogP contribution < -0.4 is 20.3 Å². The van der Waals surface area contributed by atoms with Crippen molar-refractivity contribution in [3.8, 4) is 5.75 Å². The van der Waals surface area contributed by atoms with Crippen LogP contribution in [0.4, 0.5) is 11.5 Å². The Labute approximate surface area is 221 Å². The maximum absolute atomic E-state index is 13.8. The minimum Gasteiger partial charge on any atom is -0.497 e. The van der Waals surface area contributed by atoms with Crippen molar-refractivity contribution in [2.45, 2.75) is 51.6 Å². The van der Waals surface area contributed by atoms with Gasteiger partial charge in [-0.3, -0.25) is 19.3 Å². The molecule has 4 rings (SSSR count). The van der Waals surface area contributed by atoms with Crippen LogP contribution in [0.3, 0.4) is 0 Å². The average Bonchev–Trinajstić information content (AvgIpc) is 3.58. The van der Waals surface area contributed by atoms with Crippen LogP contribution in [0.5, 0.6) is 5.75 Å². The molecule has 3 aromatic rings. The zero-order valence-corrected chi connectivity index (χ0v) is 21.8. The van der Waals surface area contributed by atoms with E-state index in [4.69, 9.17) is 9.26 Å². The van der Waals surface area contributed by atoms with Crippen LogP contribution in [0.2, 0.25) is 0 Å². The molecule has 1 aliphatic rings. The number of anilines is 2. The smallest absolute Gasteiger partial charge is 0.252 e. The van der Waals surface area contributed by atoms with Gasteiger partial charge >= 0.3 is 0 Å². The van der Waals surface area contributed by atoms with E-state index in [1.54, 1.807) is 44.4 Å². The van der Waals surface area contributed by atoms with Gasteiger partial charge in [-0.2, -0.15) is 0 Å². The third-order valence-corrected chi connectivity index (χ3v) is 6.54. The number of aromatic nitrogens is 1. The van der Waals surface area contributed by atoms with Gasteiger partial charge in [-0.25, -0.2) is 0 Å². The summed E-state index contributed by atoms with van der Waals surface area (Å²) < 4.78 is 10.2. The summed E-state index contributed by atoms with van der Waals surface area (Å²) in [4.78, 5) is 41.5. The Hall–Kier alpha value is -4.40. The first-order valence-corrected chi connectivity index (χ1v) is 12.6. The van der Waals surface area contributed by atoms with Crippen molar-refractivity contribution < 1.29 is 23.6 Å². The maximum atomic E-state index is 13.8. The van der Waals surface area contributed by atoms with Crippen LogP contribution >= 0.6 is 0 Å². The van der Waals surface area contributed by atoms with E-state index in [9.17, 15) is 14.4 Å². The number of carbonyl (C=O) groups is 3. The summed E-state index contributed by atoms with van der Waals surface area (Å²) in [6.07, 6.45) is 6.20. The molecule has 0 spiro atoms. The fourth-order valence-corrected chi connectivity index (χ4v) is 4.61. The highest BCUT2D eigenvalue weighted by Gasteiger charge is 2.34. The molecule has 1 saturated carbocycles. The van der Waals surface area contributed by atoms with Gasteiger partial charge in [0.2, 0.25) is 11.8 Å². The number of methoxy groups -OCH3 is 1. The second-order valence-corrected chi connectivity index (χ2v) is 9.30. The fourth-order valence-electron chi connectivity index (χ4n) is 4.61. The van der Waals surface area contributed by atoms with Crippen LogP contribution in [0.15, 0.2) is 71.3 Å². The molecule has 0 aliphatic heterocycles. The molecule has 1 fully saturated rings. The average molecular weight is 517 g/mol. The number of nitrogens with zero attached hydrogens (tertiary/aromatic N) is 2. The summed E-state index contributed by atoms with van der Waals surface area (Å²) in [6, 6.07) is 15.1. The highest BCUT2D eigenvalue weighted by molar-refractivity contribution is 6.10. The molecule has 2 aromatic carbocycles. The Morgan fingerprint density at radius 1 is 1.05 bits per heavy atom. The number of hydrogen-bond donors (Lipinski definition) is 2. The summed E-state index contributed by atoms with van der Waals surface area (Å²) >= 11 is 0. The monoisotopic (exact) mass is 516 g/mol. The predicted octanol–water partition coefficient (Wildman–Crippen LogP) is 4.63. The number of amides is 3. The van der Waals surface area contributed by atoms with E-state index in [-0.39, 0.29) is 17.8 Å². The molecular weight excluding hydrogens is 484 g/mol. The van der Waals surface area contributed by atoms with Gasteiger partial charge in [0.05, 0.1) is 7.11 Å². The van der Waals surface area contributed by atoms with E-state index in [2.05, 4.69) is 15.8 Å². The van der Waals surface area contributed by atoms with Crippen molar-refractivity contribution in [1.82, 2.24) is 10.5 Å². The Morgan fingerprint density at radius 2 is 1.76 bits per heavy atom. The third kappa shape index (κ3) is 6.47. The molecular formula is C29H32N4O5. The first kappa shape index (κ1) is 26.7. The number of carbonyl (C=O) groups excluding carboxylic acids is 3. The number of aryl methyl sites for hydroxylation is 2. The largest absolute Gasteiger partial charge is 0.497 e. The van der Waals surface area contributed by atoms with E-state index in [0.717, 1.165) is 43.4 Å². The number of ether oxygens (including phenoxy) is 1. The summed E-state index contributed by atoms with van der Waals surface area (Å²) in [5, 5.41) is 9.44. The molecule has 38 heavy (non-hydrogen) atoms. The maximum Gasteiger partial charge on any atom is 0.252 e. The van der Waals surface area contributed by atoms with Crippen molar-refractivity contribution in [3.63, 3.8) is 0 Å². The van der Waals surface area contributed by atoms with E-state index in [1.165, 1.54) is 4.90 Å². The molecule has 9 heteroatoms. The van der Waals surface area contributed by atoms with Crippen molar-refractivity contribution in [2.75, 3.05) is 17.3 Å². The highest BCUT2D eigenvalue weighted by Crippen LogP contribution is 2.32. The Balaban J connectivity index is 1.70. The van der Waals surface area contributed by atoms with Gasteiger partial charge in [-0.1, -0.05) is 42.3 Å². The third-order valence-electron chi connectivity index (χ3n) is 6.54. The second kappa shape index (κ2) is 12.2. The molecule has 1 aliphatic carbocycles. The summed E-state index contributed by atoms with van der Waals surface area (Å²) in [5.41, 5.74) is 2.06. The molecule has 1 heterocycles. The van der Waals surface area contributed by atoms with E-state index in [1.807, 2.05) is 31.2 Å². The zero-order chi connectivity index (χ0) is 27.1. The molecule has 1 atom stereocenters. The SMILES string of the molecule is COc1ccc(N(C(=O)/C=C/C(=O)Nc2cc(C)on2)C(C(=O)NC2CCCC2)c2ccccc2C)cc1. The van der Waals surface area contributed by atoms with Crippen molar-refractivity contribution in [2.24, 2.45) is 0 Å². The molecule has 0 saturated heterocycles. The predicted molar refractivity (Wildman–Crippen MR) is 144 cm³/mol. The molecule has 198 valence electrons. The Morgan fingerprint density at radius 3 is 2.39 bits per heavy atom. The van der Waals surface area contributed by atoms with Crippen LogP contribution in [-0.4, -0.2) is 36.0 Å². The lowest BCUT2D eigenvalue weighted by Crippen LogP contribution is -2.46. The fraction of sp³-hybridized carbons (Fsp3) is 0.310. The highest BCUT2D eigenvalue weighted by atomic mass is 16.5. The van der Waals surface area contributed by atoms with Gasteiger partial charge in [-0.15, -0.1) is 0 Å². The van der Waals surface area contributed by atoms with Crippen LogP contribution in [0.25, 0.3) is 0 Å². The van der Waals surface area contributed by atoms with Gasteiger partial charge in [0, 0.05) is 29.9 Å². The van der Waals surface area contributed by atoms with Crippen molar-refractivity contribution >= 4 is 29.2 Å². The van der Waals surface area contributed by atoms with Crippen LogP contribution in [0.1, 0.15) is 48.6 Å². The molecule has 2 N–H and O–H groups in total. The molecule has 0 radical (unpaired) electrons. The van der Waals surface area contributed by atoms with Gasteiger partial charge in [0.15, 0.2) is 5.82 Å². The molecule has 9 nitrogen and oxygen atoms in total. The summed E-state index contributed by atoms with van der Waals surface area (Å²) in [7, 11) is 1.56. The lowest BCUT2D eigenvalue weighted by atomic mass is 9.97. The minimum atomic E-state index is -0.955. The first-order valence-electron chi connectivity index (χ1n) is 12.6. The number of hydrogen-bond acceptors (Lipinski definition) is 6. The number of rotatable bonds is 9. The van der Waals surface area contributed by atoms with Gasteiger partial charge in [0.1, 0.15) is 17.6 Å². The Bertz CT molecular complexity index is 1310. The number of nitrogens with one attached hydrogen (secondary N) is 2. The Kier molecular flexibility index (Phi) is 8.58. The zero-order valence-electron chi connectivity index (χ0n) is 21.8. The topological polar surface area (TPSA) is 114 Å². The van der Waals surface area contributed by atoms with E-state index < -0.39 is 17.9 Å². The number of benzene rings is 2. The van der Waals surface area contributed by atoms with Crippen molar-refractivity contribution in [3.05, 3.63) is 83.6 Å². The second-order valence-electron chi connectivity index (χ2n) is 9.30. The first-order chi connectivity index (χ1) is 18.4. The molecule has 0 bridgehead atoms. The van der Waals surface area contributed by atoms with Crippen molar-refractivity contribution in [1.29, 1.82) is 0 Å². The van der Waals surface area contributed by atoms with Gasteiger partial charge < -0.3 is 19.9 Å². The normalized spacial score (nSPS) is 14.3. The van der Waals surface area contributed by atoms with Gasteiger partial charge in [-0.05, 0) is 62.1 Å². The molecule has 1 aromatic heterocycles. The van der Waals surface area contributed by atoms with E-state index >= 15 is 0 Å². The van der Waals surface area contributed by atoms with Gasteiger partial charge in [0.25, 0.3) is 5.91 Å². The summed E-state index contributed by atoms with van der Waals surface area (Å²) in [6.45, 7) is 3.61. The lowest BCUT2D eigenvalue weighted by molar-refractivity contribution is -0.125. The quantitative estimate of drug-likeness (QED) is 0.401. The standard InChI is InChI=1S/C29H32N4O5/c1-19-8-4-7-11-24(19)28(29(36)30-21-9-5-6-10-21)33(22-12-14-23(37-3)15-13-22)27(35)17-16-26(34)31-25-18-20(2)38-32-25/h4,7-8,11-18,21,28H,5-6,9-10H2,1-3H3,(H,30,36)(H,31,32,34)/b17-16+. The minimum absolute atomic E-state index is 0.0640. The van der Waals surface area contributed by atoms with E-state index in [0.29, 0.717) is 22.8 Å². The molecule has 1 unspecified atom stereocenters. The van der Waals surface area contributed by atoms with Crippen LogP contribution in [-0.2, 0) is 14.4 Å². The summed E-state index contributed by atoms with van der Waals surface area (Å²) in [5.74, 6) is 0.0412. The lowest BCUT2D eigenvalue weighted by Gasteiger charge is -2.32. The van der Waals surface area contributed by atoms with Crippen LogP contribution in [0, 0.1) is 13.8 Å². The molecule has 3 amide bonds.